The van der Waals surface area contributed by atoms with Gasteiger partial charge in [-0.1, -0.05) is 18.7 Å². The number of amides is 2. The lowest BCUT2D eigenvalue weighted by Gasteiger charge is -2.36. The van der Waals surface area contributed by atoms with Crippen molar-refractivity contribution < 1.29 is 22.7 Å². The number of aryl methyl sites for hydroxylation is 1. The first-order chi connectivity index (χ1) is 16.8. The predicted octanol–water partition coefficient (Wildman–Crippen LogP) is 2.79. The van der Waals surface area contributed by atoms with Gasteiger partial charge in [-0.25, -0.2) is 8.42 Å². The van der Waals surface area contributed by atoms with Crippen LogP contribution in [0.5, 0.6) is 5.75 Å². The number of hydrogen-bond donors (Lipinski definition) is 2. The molecule has 0 aromatic heterocycles. The number of fused-ring (bicyclic) bond motifs is 1. The Morgan fingerprint density at radius 2 is 1.97 bits per heavy atom. The van der Waals surface area contributed by atoms with E-state index in [-0.39, 0.29) is 28.8 Å². The molecular weight excluding hydrogens is 466 g/mol. The Morgan fingerprint density at radius 1 is 1.20 bits per heavy atom. The first kappa shape index (κ1) is 24.9. The molecule has 2 heterocycles. The van der Waals surface area contributed by atoms with Crippen LogP contribution in [0.15, 0.2) is 60.0 Å². The second-order valence-electron chi connectivity index (χ2n) is 9.00. The first-order valence-electron chi connectivity index (χ1n) is 11.9. The van der Waals surface area contributed by atoms with Crippen molar-refractivity contribution in [1.29, 1.82) is 0 Å². The lowest BCUT2D eigenvalue weighted by molar-refractivity contribution is -0.117. The fourth-order valence-corrected chi connectivity index (χ4v) is 6.28. The van der Waals surface area contributed by atoms with Gasteiger partial charge in [0.05, 0.1) is 11.5 Å². The number of nitrogens with one attached hydrogen (secondary N) is 2. The quantitative estimate of drug-likeness (QED) is 0.573. The zero-order valence-electron chi connectivity index (χ0n) is 19.8. The summed E-state index contributed by atoms with van der Waals surface area (Å²) in [7, 11) is -3.72. The summed E-state index contributed by atoms with van der Waals surface area (Å²) in [6.45, 7) is 6.70. The summed E-state index contributed by atoms with van der Waals surface area (Å²) in [5.41, 5.74) is 2.53. The second kappa shape index (κ2) is 10.6. The first-order valence-corrected chi connectivity index (χ1v) is 13.3. The third-order valence-corrected chi connectivity index (χ3v) is 8.52. The standard InChI is InChI=1S/C26H31N3O5S/c1-3-25(30)28-22-12-13-29(18(2)15-22)35(32,33)23-9-7-20(8-10-23)26(31)27-17-19-6-11-24-21(16-19)5-4-14-34-24/h3,6-11,16,18,22H,1,4-5,12-15,17H2,2H3,(H,27,31)(H,28,30). The summed E-state index contributed by atoms with van der Waals surface area (Å²) in [6.07, 6.45) is 4.22. The van der Waals surface area contributed by atoms with Gasteiger partial charge in [-0.15, -0.1) is 0 Å². The van der Waals surface area contributed by atoms with Crippen LogP contribution >= 0.6 is 0 Å². The molecule has 4 rings (SSSR count). The zero-order chi connectivity index (χ0) is 25.0. The van der Waals surface area contributed by atoms with E-state index in [0.717, 1.165) is 36.3 Å². The van der Waals surface area contributed by atoms with Crippen LogP contribution in [0, 0.1) is 0 Å². The zero-order valence-corrected chi connectivity index (χ0v) is 20.6. The molecule has 35 heavy (non-hydrogen) atoms. The normalized spacial score (nSPS) is 20.3. The van der Waals surface area contributed by atoms with Crippen LogP contribution in [-0.4, -0.2) is 49.8 Å². The Kier molecular flexibility index (Phi) is 7.57. The van der Waals surface area contributed by atoms with Gasteiger partial charge in [-0.3, -0.25) is 9.59 Å². The summed E-state index contributed by atoms with van der Waals surface area (Å²) < 4.78 is 33.5. The number of hydrogen-bond acceptors (Lipinski definition) is 5. The highest BCUT2D eigenvalue weighted by molar-refractivity contribution is 7.89. The molecule has 2 aliphatic rings. The van der Waals surface area contributed by atoms with E-state index in [2.05, 4.69) is 23.3 Å². The van der Waals surface area contributed by atoms with Gasteiger partial charge in [0.25, 0.3) is 5.91 Å². The number of carbonyl (C=O) groups excluding carboxylic acids is 2. The monoisotopic (exact) mass is 497 g/mol. The van der Waals surface area contributed by atoms with Crippen molar-refractivity contribution in [1.82, 2.24) is 14.9 Å². The lowest BCUT2D eigenvalue weighted by atomic mass is 10.0. The second-order valence-corrected chi connectivity index (χ2v) is 10.9. The summed E-state index contributed by atoms with van der Waals surface area (Å²) in [6, 6.07) is 11.6. The Morgan fingerprint density at radius 3 is 2.69 bits per heavy atom. The molecule has 2 aromatic carbocycles. The molecule has 1 saturated heterocycles. The van der Waals surface area contributed by atoms with E-state index < -0.39 is 10.0 Å². The molecule has 0 aliphatic carbocycles. The highest BCUT2D eigenvalue weighted by atomic mass is 32.2. The van der Waals surface area contributed by atoms with E-state index in [1.165, 1.54) is 34.6 Å². The molecule has 2 atom stereocenters. The molecule has 0 spiro atoms. The van der Waals surface area contributed by atoms with Gasteiger partial charge in [-0.2, -0.15) is 4.31 Å². The van der Waals surface area contributed by atoms with E-state index in [1.54, 1.807) is 0 Å². The number of ether oxygens (including phenoxy) is 1. The third kappa shape index (κ3) is 5.74. The van der Waals surface area contributed by atoms with Gasteiger partial charge in [0.1, 0.15) is 5.75 Å². The van der Waals surface area contributed by atoms with Gasteiger partial charge in [0, 0.05) is 30.7 Å². The Labute approximate surface area is 206 Å². The molecule has 2 amide bonds. The Balaban J connectivity index is 1.36. The van der Waals surface area contributed by atoms with Gasteiger partial charge in [0.2, 0.25) is 15.9 Å². The molecule has 8 nitrogen and oxygen atoms in total. The highest BCUT2D eigenvalue weighted by Crippen LogP contribution is 2.27. The highest BCUT2D eigenvalue weighted by Gasteiger charge is 2.34. The maximum atomic E-state index is 13.2. The number of benzene rings is 2. The van der Waals surface area contributed by atoms with E-state index in [4.69, 9.17) is 4.74 Å². The molecule has 1 fully saturated rings. The predicted molar refractivity (Wildman–Crippen MR) is 133 cm³/mol. The minimum absolute atomic E-state index is 0.0873. The topological polar surface area (TPSA) is 105 Å². The Hall–Kier alpha value is -3.17. The molecule has 2 unspecified atom stereocenters. The number of nitrogens with zero attached hydrogens (tertiary/aromatic N) is 1. The fraction of sp³-hybridized carbons (Fsp3) is 0.385. The van der Waals surface area contributed by atoms with Crippen LogP contribution in [0.2, 0.25) is 0 Å². The molecule has 9 heteroatoms. The van der Waals surface area contributed by atoms with Crippen molar-refractivity contribution in [2.24, 2.45) is 0 Å². The average Bonchev–Trinajstić information content (AvgIpc) is 2.87. The van der Waals surface area contributed by atoms with Crippen LogP contribution in [0.1, 0.15) is 47.7 Å². The minimum Gasteiger partial charge on any atom is -0.493 e. The summed E-state index contributed by atoms with van der Waals surface area (Å²) in [4.78, 5) is 24.3. The smallest absolute Gasteiger partial charge is 0.251 e. The van der Waals surface area contributed by atoms with E-state index in [9.17, 15) is 18.0 Å². The molecular formula is C26H31N3O5S. The van der Waals surface area contributed by atoms with Crippen LogP contribution in [0.4, 0.5) is 0 Å². The average molecular weight is 498 g/mol. The van der Waals surface area contributed by atoms with Crippen molar-refractivity contribution in [2.75, 3.05) is 13.2 Å². The molecule has 0 saturated carbocycles. The van der Waals surface area contributed by atoms with Crippen molar-refractivity contribution in [3.63, 3.8) is 0 Å². The van der Waals surface area contributed by atoms with Gasteiger partial charge in [-0.05, 0) is 80.1 Å². The van der Waals surface area contributed by atoms with E-state index in [1.807, 2.05) is 19.1 Å². The lowest BCUT2D eigenvalue weighted by Crippen LogP contribution is -2.50. The summed E-state index contributed by atoms with van der Waals surface area (Å²) in [5.74, 6) is 0.381. The molecule has 2 aliphatic heterocycles. The van der Waals surface area contributed by atoms with Crippen molar-refractivity contribution in [3.05, 3.63) is 71.8 Å². The maximum absolute atomic E-state index is 13.2. The van der Waals surface area contributed by atoms with Crippen molar-refractivity contribution in [2.45, 2.75) is 56.1 Å². The van der Waals surface area contributed by atoms with Crippen LogP contribution in [-0.2, 0) is 27.8 Å². The van der Waals surface area contributed by atoms with Crippen molar-refractivity contribution in [3.8, 4) is 5.75 Å². The molecule has 2 aromatic rings. The van der Waals surface area contributed by atoms with Crippen LogP contribution in [0.3, 0.4) is 0 Å². The molecule has 186 valence electrons. The number of rotatable bonds is 7. The van der Waals surface area contributed by atoms with Crippen LogP contribution < -0.4 is 15.4 Å². The van der Waals surface area contributed by atoms with E-state index >= 15 is 0 Å². The Bertz CT molecular complexity index is 1210. The number of carbonyl (C=O) groups is 2. The molecule has 0 bridgehead atoms. The largest absolute Gasteiger partial charge is 0.493 e. The minimum atomic E-state index is -3.72. The summed E-state index contributed by atoms with van der Waals surface area (Å²) >= 11 is 0. The molecule has 2 N–H and O–H groups in total. The number of piperidine rings is 1. The maximum Gasteiger partial charge on any atom is 0.251 e. The molecule has 0 radical (unpaired) electrons. The summed E-state index contributed by atoms with van der Waals surface area (Å²) in [5, 5.41) is 5.73. The van der Waals surface area contributed by atoms with Gasteiger partial charge < -0.3 is 15.4 Å². The van der Waals surface area contributed by atoms with Crippen molar-refractivity contribution >= 4 is 21.8 Å². The van der Waals surface area contributed by atoms with Crippen LogP contribution in [0.25, 0.3) is 0 Å². The fourth-order valence-electron chi connectivity index (χ4n) is 4.62. The van der Waals surface area contributed by atoms with Gasteiger partial charge >= 0.3 is 0 Å². The SMILES string of the molecule is C=CC(=O)NC1CCN(S(=O)(=O)c2ccc(C(=O)NCc3ccc4c(c3)CCCO4)cc2)C(C)C1. The van der Waals surface area contributed by atoms with Gasteiger partial charge in [0.15, 0.2) is 0 Å². The third-order valence-electron chi connectivity index (χ3n) is 6.50. The number of sulfonamides is 1. The van der Waals surface area contributed by atoms with E-state index in [0.29, 0.717) is 31.5 Å².